The van der Waals surface area contributed by atoms with Gasteiger partial charge >= 0.3 is 0 Å². The molecule has 0 unspecified atom stereocenters. The van der Waals surface area contributed by atoms with Crippen molar-refractivity contribution in [3.8, 4) is 6.07 Å². The van der Waals surface area contributed by atoms with E-state index in [2.05, 4.69) is 17.1 Å². The predicted molar refractivity (Wildman–Crippen MR) is 119 cm³/mol. The lowest BCUT2D eigenvalue weighted by atomic mass is 10.1. The van der Waals surface area contributed by atoms with Gasteiger partial charge in [-0.25, -0.2) is 5.01 Å². The van der Waals surface area contributed by atoms with E-state index in [9.17, 15) is 4.79 Å². The van der Waals surface area contributed by atoms with Crippen molar-refractivity contribution < 1.29 is 4.79 Å². The summed E-state index contributed by atoms with van der Waals surface area (Å²) in [4.78, 5) is 21.9. The van der Waals surface area contributed by atoms with Crippen LogP contribution in [0.25, 0.3) is 0 Å². The topological polar surface area (TPSA) is 72.6 Å². The first-order valence-electron chi connectivity index (χ1n) is 9.70. The van der Waals surface area contributed by atoms with Crippen molar-refractivity contribution in [3.05, 3.63) is 74.9 Å². The maximum absolute atomic E-state index is 13.3. The van der Waals surface area contributed by atoms with E-state index < -0.39 is 0 Å². The molecule has 0 fully saturated rings. The van der Waals surface area contributed by atoms with Crippen molar-refractivity contribution in [2.45, 2.75) is 25.4 Å². The molecule has 3 aromatic heterocycles. The quantitative estimate of drug-likeness (QED) is 0.529. The molecule has 30 heavy (non-hydrogen) atoms. The van der Waals surface area contributed by atoms with E-state index in [1.165, 1.54) is 0 Å². The number of pyridine rings is 1. The van der Waals surface area contributed by atoms with Gasteiger partial charge in [-0.2, -0.15) is 10.4 Å². The van der Waals surface area contributed by atoms with Crippen molar-refractivity contribution >= 4 is 34.3 Å². The van der Waals surface area contributed by atoms with Crippen molar-refractivity contribution in [1.29, 1.82) is 5.26 Å². The highest BCUT2D eigenvalue weighted by atomic mass is 32.1. The highest BCUT2D eigenvalue weighted by Gasteiger charge is 2.34. The molecule has 1 aliphatic rings. The lowest BCUT2D eigenvalue weighted by Gasteiger charge is -2.25. The largest absolute Gasteiger partial charge is 0.288 e. The third-order valence-electron chi connectivity index (χ3n) is 4.85. The number of carbonyl (C=O) groups excluding carboxylic acids is 1. The third kappa shape index (κ3) is 4.82. The number of carbonyl (C=O) groups is 1. The van der Waals surface area contributed by atoms with Crippen LogP contribution in [0.5, 0.6) is 0 Å². The van der Waals surface area contributed by atoms with Gasteiger partial charge in [0.25, 0.3) is 5.91 Å². The van der Waals surface area contributed by atoms with Crippen molar-refractivity contribution in [1.82, 2.24) is 14.9 Å². The fraction of sp³-hybridized carbons (Fsp3) is 0.273. The van der Waals surface area contributed by atoms with Crippen LogP contribution in [0.1, 0.15) is 34.3 Å². The zero-order valence-corrected chi connectivity index (χ0v) is 18.0. The molecule has 4 heterocycles. The number of nitriles is 1. The van der Waals surface area contributed by atoms with Crippen LogP contribution in [0.4, 0.5) is 0 Å². The zero-order valence-electron chi connectivity index (χ0n) is 16.3. The van der Waals surface area contributed by atoms with E-state index in [1.54, 1.807) is 33.9 Å². The van der Waals surface area contributed by atoms with Gasteiger partial charge in [0.05, 0.1) is 34.9 Å². The van der Waals surface area contributed by atoms with Crippen molar-refractivity contribution in [2.24, 2.45) is 5.10 Å². The number of amides is 1. The minimum Gasteiger partial charge on any atom is -0.288 e. The number of hydrogen-bond donors (Lipinski definition) is 0. The van der Waals surface area contributed by atoms with Gasteiger partial charge in [0, 0.05) is 37.0 Å². The summed E-state index contributed by atoms with van der Waals surface area (Å²) in [6.45, 7) is 1.23. The molecule has 6 nitrogen and oxygen atoms in total. The van der Waals surface area contributed by atoms with Gasteiger partial charge < -0.3 is 0 Å². The summed E-state index contributed by atoms with van der Waals surface area (Å²) in [5, 5.41) is 19.4. The number of nitrogens with zero attached hydrogens (tertiary/aromatic N) is 5. The van der Waals surface area contributed by atoms with Crippen LogP contribution in [-0.2, 0) is 11.3 Å². The van der Waals surface area contributed by atoms with E-state index in [1.807, 2.05) is 52.1 Å². The number of rotatable bonds is 8. The zero-order chi connectivity index (χ0) is 20.8. The summed E-state index contributed by atoms with van der Waals surface area (Å²) in [5.41, 5.74) is 1.83. The minimum atomic E-state index is -0.0812. The second-order valence-corrected chi connectivity index (χ2v) is 8.86. The van der Waals surface area contributed by atoms with Gasteiger partial charge in [0.2, 0.25) is 0 Å². The molecule has 0 aromatic carbocycles. The Morgan fingerprint density at radius 3 is 2.77 bits per heavy atom. The minimum absolute atomic E-state index is 0.0613. The van der Waals surface area contributed by atoms with Crippen LogP contribution in [0, 0.1) is 11.3 Å². The average Bonchev–Trinajstić information content (AvgIpc) is 3.53. The number of thiophene rings is 2. The molecular formula is C22H21N5OS2. The Bertz CT molecular complexity index is 1030. The summed E-state index contributed by atoms with van der Waals surface area (Å²) in [7, 11) is 0. The second kappa shape index (κ2) is 9.76. The molecular weight excluding hydrogens is 414 g/mol. The lowest BCUT2D eigenvalue weighted by Crippen LogP contribution is -2.38. The maximum atomic E-state index is 13.3. The Morgan fingerprint density at radius 2 is 2.07 bits per heavy atom. The summed E-state index contributed by atoms with van der Waals surface area (Å²) in [6.07, 6.45) is 2.81. The van der Waals surface area contributed by atoms with E-state index in [-0.39, 0.29) is 18.5 Å². The van der Waals surface area contributed by atoms with Crippen LogP contribution in [0.2, 0.25) is 0 Å². The summed E-state index contributed by atoms with van der Waals surface area (Å²) in [5.74, 6) is -0.0613. The lowest BCUT2D eigenvalue weighted by molar-refractivity contribution is -0.134. The normalized spacial score (nSPS) is 15.9. The summed E-state index contributed by atoms with van der Waals surface area (Å²) >= 11 is 3.29. The number of hydrogen-bond acceptors (Lipinski definition) is 7. The molecule has 0 saturated heterocycles. The average molecular weight is 436 g/mol. The molecule has 1 amide bonds. The molecule has 0 saturated carbocycles. The fourth-order valence-electron chi connectivity index (χ4n) is 3.44. The molecule has 0 spiro atoms. The molecule has 8 heteroatoms. The Labute approximate surface area is 183 Å². The Kier molecular flexibility index (Phi) is 6.64. The van der Waals surface area contributed by atoms with Gasteiger partial charge in [-0.05, 0) is 35.0 Å². The van der Waals surface area contributed by atoms with E-state index in [0.29, 0.717) is 25.9 Å². The third-order valence-corrected chi connectivity index (χ3v) is 6.75. The first-order chi connectivity index (χ1) is 14.7. The Morgan fingerprint density at radius 1 is 1.20 bits per heavy atom. The number of aromatic nitrogens is 1. The van der Waals surface area contributed by atoms with Gasteiger partial charge in [-0.15, -0.1) is 22.7 Å². The van der Waals surface area contributed by atoms with Crippen LogP contribution in [0.15, 0.2) is 64.5 Å². The van der Waals surface area contributed by atoms with Gasteiger partial charge in [-0.1, -0.05) is 18.2 Å². The summed E-state index contributed by atoms with van der Waals surface area (Å²) < 4.78 is 0. The first kappa shape index (κ1) is 20.4. The molecule has 0 aliphatic carbocycles. The van der Waals surface area contributed by atoms with E-state index >= 15 is 0 Å². The van der Waals surface area contributed by atoms with Gasteiger partial charge in [0.15, 0.2) is 0 Å². The smallest absolute Gasteiger partial charge is 0.257 e. The molecule has 3 aromatic rings. The Hall–Kier alpha value is -2.86. The van der Waals surface area contributed by atoms with Gasteiger partial charge in [-0.3, -0.25) is 14.7 Å². The monoisotopic (exact) mass is 435 g/mol. The van der Waals surface area contributed by atoms with Crippen LogP contribution >= 0.6 is 22.7 Å². The predicted octanol–water partition coefficient (Wildman–Crippen LogP) is 4.30. The van der Waals surface area contributed by atoms with E-state index in [4.69, 9.17) is 10.4 Å². The molecule has 0 radical (unpaired) electrons. The van der Waals surface area contributed by atoms with Gasteiger partial charge in [0.1, 0.15) is 0 Å². The number of hydrazone groups is 1. The van der Waals surface area contributed by atoms with E-state index in [0.717, 1.165) is 21.2 Å². The second-order valence-electron chi connectivity index (χ2n) is 6.94. The standard InChI is InChI=1S/C22H21N5OS2/c23-9-5-11-26(15-17-6-1-2-10-24-17)16-22(28)27-19(21-8-4-13-30-21)14-18(25-27)20-7-3-12-29-20/h1-4,6-8,10,12-13,19H,5,11,14-16H2/t19-/m0/s1. The first-order valence-corrected chi connectivity index (χ1v) is 11.5. The maximum Gasteiger partial charge on any atom is 0.257 e. The molecule has 1 atom stereocenters. The van der Waals surface area contributed by atoms with Crippen LogP contribution < -0.4 is 0 Å². The molecule has 1 aliphatic heterocycles. The Balaban J connectivity index is 1.53. The van der Waals surface area contributed by atoms with Crippen LogP contribution in [-0.4, -0.2) is 39.6 Å². The SMILES string of the molecule is N#CCCN(CC(=O)N1N=C(c2cccs2)C[C@H]1c1cccs1)Cc1ccccn1. The summed E-state index contributed by atoms with van der Waals surface area (Å²) in [6, 6.07) is 15.9. The molecule has 0 bridgehead atoms. The van der Waals surface area contributed by atoms with Crippen LogP contribution in [0.3, 0.4) is 0 Å². The molecule has 4 rings (SSSR count). The highest BCUT2D eigenvalue weighted by molar-refractivity contribution is 7.12. The van der Waals surface area contributed by atoms with Crippen molar-refractivity contribution in [3.63, 3.8) is 0 Å². The van der Waals surface area contributed by atoms with Crippen molar-refractivity contribution in [2.75, 3.05) is 13.1 Å². The fourth-order valence-corrected chi connectivity index (χ4v) is 4.97. The molecule has 152 valence electrons. The highest BCUT2D eigenvalue weighted by Crippen LogP contribution is 2.36. The molecule has 0 N–H and O–H groups in total.